The minimum absolute atomic E-state index is 0.0432. The average Bonchev–Trinajstić information content (AvgIpc) is 3.04. The molecule has 2 unspecified atom stereocenters. The molecule has 2 aliphatic carbocycles. The Morgan fingerprint density at radius 3 is 1.45 bits per heavy atom. The van der Waals surface area contributed by atoms with Gasteiger partial charge in [-0.05, 0) is 87.4 Å². The number of fused-ring (bicyclic) bond motifs is 2. The summed E-state index contributed by atoms with van der Waals surface area (Å²) in [5, 5.41) is 10.8. The lowest BCUT2D eigenvalue weighted by Gasteiger charge is -2.30. The lowest BCUT2D eigenvalue weighted by Crippen LogP contribution is -2.13. The van der Waals surface area contributed by atoms with Crippen molar-refractivity contribution >= 4 is 55.2 Å². The highest BCUT2D eigenvalue weighted by molar-refractivity contribution is 6.10. The Morgan fingerprint density at radius 1 is 0.455 bits per heavy atom. The summed E-state index contributed by atoms with van der Waals surface area (Å²) in [5.74, 6) is 0.331. The molecule has 0 saturated heterocycles. The molecule has 0 fully saturated rings. The molecule has 0 aromatic heterocycles. The quantitative estimate of drug-likeness (QED) is 0.184. The van der Waals surface area contributed by atoms with Gasteiger partial charge in [0.05, 0.1) is 0 Å². The molecule has 0 heterocycles. The van der Waals surface area contributed by atoms with Crippen molar-refractivity contribution in [1.82, 2.24) is 0 Å². The van der Waals surface area contributed by atoms with Gasteiger partial charge in [-0.1, -0.05) is 160 Å². The van der Waals surface area contributed by atoms with E-state index in [9.17, 15) is 0 Å². The van der Waals surface area contributed by atoms with E-state index in [1.54, 1.807) is 0 Å². The van der Waals surface area contributed by atoms with Crippen LogP contribution in [0.25, 0.3) is 55.2 Å². The highest BCUT2D eigenvalue weighted by Gasteiger charge is 2.29. The van der Waals surface area contributed by atoms with Crippen molar-refractivity contribution in [2.24, 2.45) is 0 Å². The van der Waals surface area contributed by atoms with E-state index in [0.29, 0.717) is 0 Å². The van der Waals surface area contributed by atoms with Gasteiger partial charge in [-0.3, -0.25) is 0 Å². The summed E-state index contributed by atoms with van der Waals surface area (Å²) in [4.78, 5) is 0. The highest BCUT2D eigenvalue weighted by atomic mass is 14.3. The van der Waals surface area contributed by atoms with Gasteiger partial charge in [0.25, 0.3) is 0 Å². The third-order valence-electron chi connectivity index (χ3n) is 10.1. The third kappa shape index (κ3) is 3.64. The monoisotopic (exact) mass is 562 g/mol. The Bertz CT molecular complexity index is 2360. The highest BCUT2D eigenvalue weighted by Crippen LogP contribution is 2.49. The van der Waals surface area contributed by atoms with E-state index in [0.717, 1.165) is 0 Å². The lowest BCUT2D eigenvalue weighted by molar-refractivity contribution is 0.591. The molecule has 2 atom stereocenters. The Morgan fingerprint density at radius 2 is 0.932 bits per heavy atom. The second kappa shape index (κ2) is 9.28. The molecule has 7 aromatic rings. The van der Waals surface area contributed by atoms with Crippen LogP contribution in [0.2, 0.25) is 0 Å². The standard InChI is InChI=1S/C44H34/c1-44(2,3)31-22-25-38-39(26-31)43(37-24-21-30-13-7-11-28-15-9-19-33(37)41(28)30)35-17-5-4-16-34(35)42(38)36-23-20-29-12-6-10-27-14-8-18-32(36)40(27)29/h4-26,36-37H,1-3H3. The summed E-state index contributed by atoms with van der Waals surface area (Å²) in [5.41, 5.74) is 9.67. The van der Waals surface area contributed by atoms with Crippen molar-refractivity contribution in [1.29, 1.82) is 0 Å². The van der Waals surface area contributed by atoms with Crippen LogP contribution < -0.4 is 0 Å². The smallest absolute Gasteiger partial charge is 0.0291 e. The van der Waals surface area contributed by atoms with E-state index < -0.39 is 0 Å². The molecule has 9 rings (SSSR count). The van der Waals surface area contributed by atoms with E-state index in [4.69, 9.17) is 0 Å². The summed E-state index contributed by atoms with van der Waals surface area (Å²) < 4.78 is 0. The molecule has 0 aliphatic heterocycles. The maximum absolute atomic E-state index is 2.51. The normalized spacial score (nSPS) is 17.2. The Labute approximate surface area is 259 Å². The van der Waals surface area contributed by atoms with Crippen LogP contribution in [-0.4, -0.2) is 0 Å². The van der Waals surface area contributed by atoms with Crippen molar-refractivity contribution < 1.29 is 0 Å². The number of benzene rings is 7. The molecule has 0 heteroatoms. The number of rotatable bonds is 2. The van der Waals surface area contributed by atoms with Crippen LogP contribution in [0, 0.1) is 0 Å². The van der Waals surface area contributed by atoms with Gasteiger partial charge < -0.3 is 0 Å². The van der Waals surface area contributed by atoms with Crippen molar-refractivity contribution in [2.75, 3.05) is 0 Å². The van der Waals surface area contributed by atoms with Crippen LogP contribution in [0.5, 0.6) is 0 Å². The fraction of sp³-hybridized carbons (Fsp3) is 0.136. The fourth-order valence-corrected chi connectivity index (χ4v) is 8.09. The molecular weight excluding hydrogens is 528 g/mol. The lowest BCUT2D eigenvalue weighted by atomic mass is 9.73. The average molecular weight is 563 g/mol. The van der Waals surface area contributed by atoms with Gasteiger partial charge in [-0.25, -0.2) is 0 Å². The summed E-state index contributed by atoms with van der Waals surface area (Å²) in [6, 6.07) is 43.5. The van der Waals surface area contributed by atoms with Crippen LogP contribution in [0.1, 0.15) is 71.6 Å². The Hall–Kier alpha value is -4.94. The second-order valence-corrected chi connectivity index (χ2v) is 13.6. The van der Waals surface area contributed by atoms with E-state index in [1.165, 1.54) is 82.0 Å². The molecule has 2 aliphatic rings. The SMILES string of the molecule is CC(C)(C)c1ccc2c(C3C=Cc4cccc5cccc3c45)c3ccccc3c(C3C=Cc4cccc5cccc3c45)c2c1. The second-order valence-electron chi connectivity index (χ2n) is 13.6. The number of allylic oxidation sites excluding steroid dienone is 2. The van der Waals surface area contributed by atoms with Gasteiger partial charge in [0.15, 0.2) is 0 Å². The van der Waals surface area contributed by atoms with Gasteiger partial charge >= 0.3 is 0 Å². The van der Waals surface area contributed by atoms with E-state index in [2.05, 4.69) is 160 Å². The first kappa shape index (κ1) is 25.5. The minimum atomic E-state index is 0.0432. The number of hydrogen-bond donors (Lipinski definition) is 0. The van der Waals surface area contributed by atoms with Crippen LogP contribution in [0.4, 0.5) is 0 Å². The maximum atomic E-state index is 2.51. The molecule has 0 nitrogen and oxygen atoms in total. The molecule has 0 saturated carbocycles. The first-order chi connectivity index (χ1) is 21.5. The van der Waals surface area contributed by atoms with Crippen molar-refractivity contribution in [2.45, 2.75) is 38.0 Å². The zero-order chi connectivity index (χ0) is 29.6. The molecule has 0 spiro atoms. The van der Waals surface area contributed by atoms with Gasteiger partial charge in [0.2, 0.25) is 0 Å². The van der Waals surface area contributed by atoms with Gasteiger partial charge in [-0.15, -0.1) is 0 Å². The van der Waals surface area contributed by atoms with E-state index in [-0.39, 0.29) is 17.3 Å². The fourth-order valence-electron chi connectivity index (χ4n) is 8.09. The third-order valence-corrected chi connectivity index (χ3v) is 10.1. The molecule has 0 radical (unpaired) electrons. The Balaban J connectivity index is 1.41. The summed E-state index contributed by atoms with van der Waals surface area (Å²) >= 11 is 0. The topological polar surface area (TPSA) is 0 Å². The van der Waals surface area contributed by atoms with Gasteiger partial charge in [-0.2, -0.15) is 0 Å². The number of hydrogen-bond acceptors (Lipinski definition) is 0. The van der Waals surface area contributed by atoms with Crippen molar-refractivity contribution in [3.8, 4) is 0 Å². The minimum Gasteiger partial charge on any atom is -0.0720 e. The van der Waals surface area contributed by atoms with Crippen LogP contribution >= 0.6 is 0 Å². The van der Waals surface area contributed by atoms with E-state index >= 15 is 0 Å². The zero-order valence-corrected chi connectivity index (χ0v) is 25.4. The summed E-state index contributed by atoms with van der Waals surface area (Å²) in [6.45, 7) is 6.98. The zero-order valence-electron chi connectivity index (χ0n) is 25.4. The first-order valence-corrected chi connectivity index (χ1v) is 15.9. The predicted molar refractivity (Wildman–Crippen MR) is 190 cm³/mol. The molecule has 210 valence electrons. The van der Waals surface area contributed by atoms with Crippen molar-refractivity contribution in [3.63, 3.8) is 0 Å². The summed E-state index contributed by atoms with van der Waals surface area (Å²) in [7, 11) is 0. The molecule has 0 N–H and O–H groups in total. The Kier molecular flexibility index (Phi) is 5.39. The maximum Gasteiger partial charge on any atom is 0.0291 e. The molecule has 7 aromatic carbocycles. The predicted octanol–water partition coefficient (Wildman–Crippen LogP) is 11.9. The van der Waals surface area contributed by atoms with Crippen molar-refractivity contribution in [3.05, 3.63) is 166 Å². The van der Waals surface area contributed by atoms with Crippen LogP contribution in [-0.2, 0) is 5.41 Å². The van der Waals surface area contributed by atoms with Crippen LogP contribution in [0.15, 0.2) is 127 Å². The van der Waals surface area contributed by atoms with Crippen LogP contribution in [0.3, 0.4) is 0 Å². The van der Waals surface area contributed by atoms with Gasteiger partial charge in [0.1, 0.15) is 0 Å². The van der Waals surface area contributed by atoms with Gasteiger partial charge in [0, 0.05) is 11.8 Å². The van der Waals surface area contributed by atoms with E-state index in [1.807, 2.05) is 0 Å². The molecule has 0 amide bonds. The largest absolute Gasteiger partial charge is 0.0720 e. The molecule has 0 bridgehead atoms. The first-order valence-electron chi connectivity index (χ1n) is 15.9. The molecular formula is C44H34. The molecule has 44 heavy (non-hydrogen) atoms. The summed E-state index contributed by atoms with van der Waals surface area (Å²) in [6.07, 6.45) is 9.58.